The van der Waals surface area contributed by atoms with Crippen molar-refractivity contribution in [2.24, 2.45) is 28.6 Å². The van der Waals surface area contributed by atoms with E-state index in [1.165, 1.54) is 6.92 Å². The van der Waals surface area contributed by atoms with Gasteiger partial charge < -0.3 is 14.6 Å². The van der Waals surface area contributed by atoms with Gasteiger partial charge in [-0.1, -0.05) is 38.8 Å². The molecule has 3 saturated carbocycles. The Morgan fingerprint density at radius 1 is 1.20 bits per heavy atom. The summed E-state index contributed by atoms with van der Waals surface area (Å²) in [6.45, 7) is 6.86. The molecule has 4 aliphatic carbocycles. The van der Waals surface area contributed by atoms with Gasteiger partial charge in [0.15, 0.2) is 18.0 Å². The minimum Gasteiger partial charge on any atom is -0.458 e. The summed E-state index contributed by atoms with van der Waals surface area (Å²) < 4.78 is 11.1. The first-order valence-electron chi connectivity index (χ1n) is 13.0. The number of hydrogen-bond acceptors (Lipinski definition) is 7. The number of carbonyl (C=O) groups excluding carboxylic acids is 4. The summed E-state index contributed by atoms with van der Waals surface area (Å²) in [6, 6.07) is 0. The summed E-state index contributed by atoms with van der Waals surface area (Å²) in [7, 11) is 0. The summed E-state index contributed by atoms with van der Waals surface area (Å²) in [6.07, 6.45) is 9.17. The maximum absolute atomic E-state index is 13.6. The fourth-order valence-corrected chi connectivity index (χ4v) is 7.85. The number of allylic oxidation sites excluding steroid dienone is 4. The monoisotopic (exact) mass is 486 g/mol. The topological polar surface area (TPSA) is 107 Å². The minimum absolute atomic E-state index is 0.0130. The van der Waals surface area contributed by atoms with Crippen molar-refractivity contribution in [2.75, 3.05) is 6.61 Å². The number of rotatable bonds is 7. The zero-order valence-electron chi connectivity index (χ0n) is 21.3. The van der Waals surface area contributed by atoms with Gasteiger partial charge in [0.25, 0.3) is 0 Å². The first-order valence-corrected chi connectivity index (χ1v) is 13.0. The zero-order chi connectivity index (χ0) is 25.6. The van der Waals surface area contributed by atoms with Crippen LogP contribution in [0.25, 0.3) is 0 Å². The lowest BCUT2D eigenvalue weighted by molar-refractivity contribution is -0.201. The fraction of sp³-hybridized carbons (Fsp3) is 0.714. The van der Waals surface area contributed by atoms with Crippen LogP contribution in [0.2, 0.25) is 0 Å². The van der Waals surface area contributed by atoms with Gasteiger partial charge in [-0.15, -0.1) is 0 Å². The van der Waals surface area contributed by atoms with Crippen LogP contribution >= 0.6 is 0 Å². The Hall–Kier alpha value is -2.28. The molecule has 3 fully saturated rings. The Balaban J connectivity index is 1.70. The molecular weight excluding hydrogens is 448 g/mol. The molecular formula is C28H38O7. The second-order valence-corrected chi connectivity index (χ2v) is 11.4. The van der Waals surface area contributed by atoms with Crippen molar-refractivity contribution in [1.29, 1.82) is 0 Å². The Morgan fingerprint density at radius 2 is 1.94 bits per heavy atom. The molecule has 7 nitrogen and oxygen atoms in total. The van der Waals surface area contributed by atoms with Crippen LogP contribution in [0.4, 0.5) is 0 Å². The summed E-state index contributed by atoms with van der Waals surface area (Å²) >= 11 is 0. The minimum atomic E-state index is -1.43. The number of ketones is 2. The number of Topliss-reactive ketones (excluding diaryl/α,β-unsaturated/α-hetero) is 1. The highest BCUT2D eigenvalue weighted by Crippen LogP contribution is 2.67. The average molecular weight is 487 g/mol. The SMILES string of the molecule is CCCCC(=O)O[C@]1(C(=O)COC(C)=O)CC[C@H]2[C@@H]3CCC4=CC(=O)C=C[C@]4(C)C3[C@@H](O)C[C@@]21C. The third kappa shape index (κ3) is 4.09. The van der Waals surface area contributed by atoms with Crippen LogP contribution < -0.4 is 0 Å². The van der Waals surface area contributed by atoms with Crippen molar-refractivity contribution in [1.82, 2.24) is 0 Å². The van der Waals surface area contributed by atoms with Crippen molar-refractivity contribution >= 4 is 23.5 Å². The van der Waals surface area contributed by atoms with E-state index in [0.29, 0.717) is 25.7 Å². The van der Waals surface area contributed by atoms with Crippen molar-refractivity contribution in [3.63, 3.8) is 0 Å². The highest BCUT2D eigenvalue weighted by Gasteiger charge is 2.70. The molecule has 4 rings (SSSR count). The van der Waals surface area contributed by atoms with E-state index in [4.69, 9.17) is 9.47 Å². The van der Waals surface area contributed by atoms with E-state index in [9.17, 15) is 24.3 Å². The Morgan fingerprint density at radius 3 is 2.63 bits per heavy atom. The van der Waals surface area contributed by atoms with E-state index >= 15 is 0 Å². The number of ether oxygens (including phenoxy) is 2. The Labute approximate surface area is 207 Å². The van der Waals surface area contributed by atoms with Gasteiger partial charge in [-0.25, -0.2) is 0 Å². The molecule has 0 aromatic rings. The molecule has 0 aromatic carbocycles. The number of unbranched alkanes of at least 4 members (excludes halogenated alkanes) is 1. The van der Waals surface area contributed by atoms with E-state index < -0.39 is 46.9 Å². The van der Waals surface area contributed by atoms with Crippen LogP contribution in [0.1, 0.15) is 79.1 Å². The van der Waals surface area contributed by atoms with Crippen LogP contribution in [0.3, 0.4) is 0 Å². The predicted octanol–water partition coefficient (Wildman–Crippen LogP) is 3.87. The molecule has 0 aliphatic heterocycles. The van der Waals surface area contributed by atoms with Gasteiger partial charge in [0.05, 0.1) is 6.10 Å². The van der Waals surface area contributed by atoms with Crippen LogP contribution in [0.15, 0.2) is 23.8 Å². The molecule has 1 N–H and O–H groups in total. The van der Waals surface area contributed by atoms with E-state index in [0.717, 1.165) is 24.8 Å². The molecule has 35 heavy (non-hydrogen) atoms. The zero-order valence-corrected chi connectivity index (χ0v) is 21.3. The number of aliphatic hydroxyl groups excluding tert-OH is 1. The second kappa shape index (κ2) is 9.30. The standard InChI is InChI=1S/C28H38O7/c1-5-6-7-24(33)35-28(23(32)16-34-17(2)29)13-11-21-20-9-8-18-14-19(30)10-12-26(18,3)25(20)22(31)15-27(21,28)4/h10,12,14,20-22,25,31H,5-9,11,13,15-16H2,1-4H3/t20-,21-,22-,25?,26-,27-,28-/m0/s1. The van der Waals surface area contributed by atoms with Gasteiger partial charge >= 0.3 is 11.9 Å². The molecule has 192 valence electrons. The van der Waals surface area contributed by atoms with Crippen molar-refractivity contribution in [3.05, 3.63) is 23.8 Å². The lowest BCUT2D eigenvalue weighted by atomic mass is 9.46. The van der Waals surface area contributed by atoms with Crippen LogP contribution in [0, 0.1) is 28.6 Å². The summed E-state index contributed by atoms with van der Waals surface area (Å²) in [5.41, 5.74) is -1.56. The molecule has 7 atom stereocenters. The van der Waals surface area contributed by atoms with E-state index in [1.807, 2.05) is 19.9 Å². The summed E-state index contributed by atoms with van der Waals surface area (Å²) in [5, 5.41) is 11.6. The maximum atomic E-state index is 13.6. The van der Waals surface area contributed by atoms with Crippen molar-refractivity contribution < 1.29 is 33.8 Å². The Kier molecular flexibility index (Phi) is 6.86. The van der Waals surface area contributed by atoms with Gasteiger partial charge in [0, 0.05) is 30.1 Å². The third-order valence-corrected chi connectivity index (χ3v) is 9.50. The third-order valence-electron chi connectivity index (χ3n) is 9.50. The molecule has 0 spiro atoms. The molecule has 0 radical (unpaired) electrons. The van der Waals surface area contributed by atoms with E-state index in [1.54, 1.807) is 12.2 Å². The maximum Gasteiger partial charge on any atom is 0.306 e. The van der Waals surface area contributed by atoms with Gasteiger partial charge in [-0.2, -0.15) is 0 Å². The van der Waals surface area contributed by atoms with Gasteiger partial charge in [0.1, 0.15) is 0 Å². The number of aliphatic hydroxyl groups is 1. The summed E-state index contributed by atoms with van der Waals surface area (Å²) in [5.74, 6) is -1.31. The first kappa shape index (κ1) is 25.8. The molecule has 4 aliphatic rings. The molecule has 7 heteroatoms. The molecule has 0 heterocycles. The molecule has 0 aromatic heterocycles. The average Bonchev–Trinajstić information content (AvgIpc) is 3.08. The lowest BCUT2D eigenvalue weighted by Crippen LogP contribution is -2.63. The second-order valence-electron chi connectivity index (χ2n) is 11.4. The predicted molar refractivity (Wildman–Crippen MR) is 128 cm³/mol. The highest BCUT2D eigenvalue weighted by atomic mass is 16.6. The van der Waals surface area contributed by atoms with E-state index in [2.05, 4.69) is 6.92 Å². The molecule has 0 amide bonds. The number of fused-ring (bicyclic) bond motifs is 5. The van der Waals surface area contributed by atoms with E-state index in [-0.39, 0.29) is 30.0 Å². The fourth-order valence-electron chi connectivity index (χ4n) is 7.85. The van der Waals surface area contributed by atoms with Gasteiger partial charge in [-0.05, 0) is 62.5 Å². The lowest BCUT2D eigenvalue weighted by Gasteiger charge is -2.59. The smallest absolute Gasteiger partial charge is 0.306 e. The molecule has 0 saturated heterocycles. The normalized spacial score (nSPS) is 39.7. The first-order chi connectivity index (χ1) is 16.5. The van der Waals surface area contributed by atoms with Crippen molar-refractivity contribution in [3.8, 4) is 0 Å². The van der Waals surface area contributed by atoms with Crippen LogP contribution in [0.5, 0.6) is 0 Å². The number of esters is 2. The summed E-state index contributed by atoms with van der Waals surface area (Å²) in [4.78, 5) is 50.0. The van der Waals surface area contributed by atoms with Crippen LogP contribution in [-0.2, 0) is 28.7 Å². The Bertz CT molecular complexity index is 980. The molecule has 0 bridgehead atoms. The quantitative estimate of drug-likeness (QED) is 0.544. The van der Waals surface area contributed by atoms with Crippen molar-refractivity contribution in [2.45, 2.75) is 90.8 Å². The number of hydrogen-bond donors (Lipinski definition) is 1. The largest absolute Gasteiger partial charge is 0.458 e. The van der Waals surface area contributed by atoms with Crippen LogP contribution in [-0.4, -0.2) is 46.9 Å². The van der Waals surface area contributed by atoms with Gasteiger partial charge in [-0.3, -0.25) is 19.2 Å². The van der Waals surface area contributed by atoms with Gasteiger partial charge in [0.2, 0.25) is 5.78 Å². The highest BCUT2D eigenvalue weighted by molar-refractivity contribution is 6.01. The number of carbonyl (C=O) groups is 4. The molecule has 1 unspecified atom stereocenters.